The van der Waals surface area contributed by atoms with Gasteiger partial charge in [-0.3, -0.25) is 4.79 Å². The SMILES string of the molecule is CC(C)(C)c1ccc(NC(=O)COC(=O)c2ccc(C#N)cc2)cc1. The standard InChI is InChI=1S/C20H20N2O3/c1-20(2,3)16-8-10-17(11-9-16)22-18(23)13-25-19(24)15-6-4-14(12-21)5-7-15/h4-11H,13H2,1-3H3,(H,22,23). The minimum atomic E-state index is -0.609. The van der Waals surface area contributed by atoms with Crippen molar-refractivity contribution in [2.24, 2.45) is 0 Å². The van der Waals surface area contributed by atoms with Gasteiger partial charge < -0.3 is 10.1 Å². The lowest BCUT2D eigenvalue weighted by Gasteiger charge is -2.19. The second-order valence-corrected chi connectivity index (χ2v) is 6.64. The predicted octanol–water partition coefficient (Wildman–Crippen LogP) is 3.65. The number of rotatable bonds is 4. The van der Waals surface area contributed by atoms with Crippen molar-refractivity contribution in [2.75, 3.05) is 11.9 Å². The minimum Gasteiger partial charge on any atom is -0.452 e. The number of nitrogens with zero attached hydrogens (tertiary/aromatic N) is 1. The van der Waals surface area contributed by atoms with Crippen molar-refractivity contribution >= 4 is 17.6 Å². The predicted molar refractivity (Wildman–Crippen MR) is 95.2 cm³/mol. The number of anilines is 1. The maximum atomic E-state index is 11.9. The Kier molecular flexibility index (Phi) is 5.56. The Morgan fingerprint density at radius 1 is 1.04 bits per heavy atom. The summed E-state index contributed by atoms with van der Waals surface area (Å²) in [6, 6.07) is 15.5. The highest BCUT2D eigenvalue weighted by molar-refractivity contribution is 5.95. The summed E-state index contributed by atoms with van der Waals surface area (Å²) in [6.07, 6.45) is 0. The van der Waals surface area contributed by atoms with E-state index in [4.69, 9.17) is 10.00 Å². The summed E-state index contributed by atoms with van der Waals surface area (Å²) in [6.45, 7) is 5.97. The van der Waals surface area contributed by atoms with Crippen LogP contribution in [0.15, 0.2) is 48.5 Å². The molecule has 0 aliphatic heterocycles. The van der Waals surface area contributed by atoms with Crippen LogP contribution < -0.4 is 5.32 Å². The highest BCUT2D eigenvalue weighted by atomic mass is 16.5. The van der Waals surface area contributed by atoms with Crippen LogP contribution in [0.5, 0.6) is 0 Å². The molecule has 0 radical (unpaired) electrons. The zero-order chi connectivity index (χ0) is 18.4. The summed E-state index contributed by atoms with van der Waals surface area (Å²) in [4.78, 5) is 23.8. The van der Waals surface area contributed by atoms with E-state index in [2.05, 4.69) is 26.1 Å². The van der Waals surface area contributed by atoms with Crippen LogP contribution in [0.25, 0.3) is 0 Å². The van der Waals surface area contributed by atoms with Gasteiger partial charge in [0.25, 0.3) is 5.91 Å². The third-order valence-corrected chi connectivity index (χ3v) is 3.62. The summed E-state index contributed by atoms with van der Waals surface area (Å²) in [5.74, 6) is -1.02. The molecule has 5 nitrogen and oxygen atoms in total. The number of esters is 1. The molecule has 5 heteroatoms. The van der Waals surface area contributed by atoms with Gasteiger partial charge in [0.2, 0.25) is 0 Å². The van der Waals surface area contributed by atoms with Crippen LogP contribution in [0, 0.1) is 11.3 Å². The molecular formula is C20H20N2O3. The molecule has 25 heavy (non-hydrogen) atoms. The number of carbonyl (C=O) groups excluding carboxylic acids is 2. The summed E-state index contributed by atoms with van der Waals surface area (Å²) < 4.78 is 4.98. The van der Waals surface area contributed by atoms with Gasteiger partial charge in [-0.15, -0.1) is 0 Å². The largest absolute Gasteiger partial charge is 0.452 e. The van der Waals surface area contributed by atoms with Crippen molar-refractivity contribution in [1.29, 1.82) is 5.26 Å². The summed E-state index contributed by atoms with van der Waals surface area (Å²) in [7, 11) is 0. The van der Waals surface area contributed by atoms with E-state index in [-0.39, 0.29) is 12.0 Å². The molecule has 0 saturated carbocycles. The van der Waals surface area contributed by atoms with Gasteiger partial charge in [-0.2, -0.15) is 5.26 Å². The van der Waals surface area contributed by atoms with Gasteiger partial charge in [0.15, 0.2) is 6.61 Å². The minimum absolute atomic E-state index is 0.0408. The zero-order valence-corrected chi connectivity index (χ0v) is 14.5. The zero-order valence-electron chi connectivity index (χ0n) is 14.5. The lowest BCUT2D eigenvalue weighted by molar-refractivity contribution is -0.119. The number of amides is 1. The fourth-order valence-electron chi connectivity index (χ4n) is 2.15. The Balaban J connectivity index is 1.87. The van der Waals surface area contributed by atoms with Crippen LogP contribution in [0.1, 0.15) is 42.3 Å². The van der Waals surface area contributed by atoms with Gasteiger partial charge >= 0.3 is 5.97 Å². The first-order valence-electron chi connectivity index (χ1n) is 7.87. The van der Waals surface area contributed by atoms with E-state index in [1.165, 1.54) is 24.3 Å². The third-order valence-electron chi connectivity index (χ3n) is 3.62. The lowest BCUT2D eigenvalue weighted by atomic mass is 9.87. The molecule has 0 fully saturated rings. The van der Waals surface area contributed by atoms with Crippen LogP contribution in [0.3, 0.4) is 0 Å². The van der Waals surface area contributed by atoms with E-state index in [0.717, 1.165) is 5.56 Å². The first-order chi connectivity index (χ1) is 11.8. The van der Waals surface area contributed by atoms with Crippen molar-refractivity contribution in [1.82, 2.24) is 0 Å². The van der Waals surface area contributed by atoms with Gasteiger partial charge in [0.05, 0.1) is 17.2 Å². The Bertz CT molecular complexity index is 795. The fourth-order valence-corrected chi connectivity index (χ4v) is 2.15. The van der Waals surface area contributed by atoms with Crippen LogP contribution in [0.2, 0.25) is 0 Å². The molecule has 0 bridgehead atoms. The number of nitriles is 1. The molecule has 1 amide bonds. The van der Waals surface area contributed by atoms with Crippen LogP contribution in [-0.4, -0.2) is 18.5 Å². The number of benzene rings is 2. The molecule has 128 valence electrons. The summed E-state index contributed by atoms with van der Waals surface area (Å²) in [5.41, 5.74) is 2.60. The first-order valence-corrected chi connectivity index (χ1v) is 7.87. The van der Waals surface area contributed by atoms with E-state index in [1.54, 1.807) is 0 Å². The molecule has 0 spiro atoms. The molecule has 2 aromatic carbocycles. The molecule has 0 unspecified atom stereocenters. The molecule has 2 aromatic rings. The molecule has 0 aromatic heterocycles. The summed E-state index contributed by atoms with van der Waals surface area (Å²) in [5, 5.41) is 11.4. The third kappa shape index (κ3) is 5.18. The van der Waals surface area contributed by atoms with Crippen molar-refractivity contribution in [3.8, 4) is 6.07 Å². The van der Waals surface area contributed by atoms with E-state index in [0.29, 0.717) is 16.8 Å². The van der Waals surface area contributed by atoms with E-state index < -0.39 is 11.9 Å². The van der Waals surface area contributed by atoms with Crippen LogP contribution in [0.4, 0.5) is 5.69 Å². The van der Waals surface area contributed by atoms with Crippen molar-refractivity contribution in [3.05, 3.63) is 65.2 Å². The van der Waals surface area contributed by atoms with E-state index in [9.17, 15) is 9.59 Å². The van der Waals surface area contributed by atoms with E-state index in [1.807, 2.05) is 30.3 Å². The van der Waals surface area contributed by atoms with Gasteiger partial charge in [0.1, 0.15) is 0 Å². The topological polar surface area (TPSA) is 79.2 Å². The molecule has 2 rings (SSSR count). The fraction of sp³-hybridized carbons (Fsp3) is 0.250. The number of nitrogens with one attached hydrogen (secondary N) is 1. The number of hydrogen-bond acceptors (Lipinski definition) is 4. The van der Waals surface area contributed by atoms with Gasteiger partial charge in [0, 0.05) is 5.69 Å². The Labute approximate surface area is 147 Å². The molecule has 0 atom stereocenters. The van der Waals surface area contributed by atoms with Crippen molar-refractivity contribution in [2.45, 2.75) is 26.2 Å². The Hall–Kier alpha value is -3.13. The molecular weight excluding hydrogens is 316 g/mol. The first kappa shape index (κ1) is 18.2. The number of carbonyl (C=O) groups is 2. The van der Waals surface area contributed by atoms with Crippen molar-refractivity contribution < 1.29 is 14.3 Å². The highest BCUT2D eigenvalue weighted by Gasteiger charge is 2.14. The van der Waals surface area contributed by atoms with Crippen LogP contribution in [-0.2, 0) is 14.9 Å². The summed E-state index contributed by atoms with van der Waals surface area (Å²) >= 11 is 0. The maximum Gasteiger partial charge on any atom is 0.338 e. The molecule has 0 heterocycles. The average Bonchev–Trinajstić information content (AvgIpc) is 2.59. The lowest BCUT2D eigenvalue weighted by Crippen LogP contribution is -2.21. The normalized spacial score (nSPS) is 10.6. The molecule has 1 N–H and O–H groups in total. The van der Waals surface area contributed by atoms with E-state index >= 15 is 0 Å². The van der Waals surface area contributed by atoms with Crippen LogP contribution >= 0.6 is 0 Å². The van der Waals surface area contributed by atoms with Gasteiger partial charge in [-0.25, -0.2) is 4.79 Å². The Morgan fingerprint density at radius 3 is 2.16 bits per heavy atom. The Morgan fingerprint density at radius 2 is 1.64 bits per heavy atom. The molecule has 0 aliphatic carbocycles. The quantitative estimate of drug-likeness (QED) is 0.864. The van der Waals surface area contributed by atoms with Gasteiger partial charge in [-0.05, 0) is 47.4 Å². The van der Waals surface area contributed by atoms with Gasteiger partial charge in [-0.1, -0.05) is 32.9 Å². The smallest absolute Gasteiger partial charge is 0.338 e. The molecule has 0 aliphatic rings. The van der Waals surface area contributed by atoms with Crippen molar-refractivity contribution in [3.63, 3.8) is 0 Å². The second-order valence-electron chi connectivity index (χ2n) is 6.64. The number of ether oxygens (including phenoxy) is 1. The number of hydrogen-bond donors (Lipinski definition) is 1. The monoisotopic (exact) mass is 336 g/mol. The molecule has 0 saturated heterocycles. The maximum absolute atomic E-state index is 11.9. The highest BCUT2D eigenvalue weighted by Crippen LogP contribution is 2.23. The second kappa shape index (κ2) is 7.63. The average molecular weight is 336 g/mol.